The first-order valence-corrected chi connectivity index (χ1v) is 10.7. The third-order valence-corrected chi connectivity index (χ3v) is 3.40. The molecule has 0 saturated heterocycles. The van der Waals surface area contributed by atoms with Crippen molar-refractivity contribution in [3.8, 4) is 0 Å². The van der Waals surface area contributed by atoms with Gasteiger partial charge in [-0.15, -0.1) is 0 Å². The van der Waals surface area contributed by atoms with Crippen molar-refractivity contribution < 1.29 is 138 Å². The molecule has 12 nitrogen and oxygen atoms in total. The summed E-state index contributed by atoms with van der Waals surface area (Å²) in [5.41, 5.74) is -22.6. The zero-order valence-electron chi connectivity index (χ0n) is 13.7. The first-order chi connectivity index (χ1) is 13.0. The van der Waals surface area contributed by atoms with Gasteiger partial charge in [0.1, 0.15) is 0 Å². The first-order valence-electron chi connectivity index (χ1n) is 5.08. The first kappa shape index (κ1) is 47.0. The summed E-state index contributed by atoms with van der Waals surface area (Å²) in [7, 11) is -24.4. The van der Waals surface area contributed by atoms with Crippen LogP contribution in [0.3, 0.4) is 0 Å². The molecule has 0 unspecified atom stereocenters. The van der Waals surface area contributed by atoms with Crippen molar-refractivity contribution in [3.05, 3.63) is 0 Å². The van der Waals surface area contributed by atoms with Crippen molar-refractivity contribution >= 4 is 40.5 Å². The van der Waals surface area contributed by atoms with Crippen LogP contribution in [0.5, 0.6) is 0 Å². The molecule has 0 aliphatic rings. The van der Waals surface area contributed by atoms with E-state index in [1.165, 1.54) is 0 Å². The van der Waals surface area contributed by atoms with E-state index in [0.29, 0.717) is 0 Å². The van der Waals surface area contributed by atoms with Crippen LogP contribution in [0, 0.1) is 0 Å². The van der Waals surface area contributed by atoms with E-state index in [0.717, 1.165) is 0 Å². The van der Waals surface area contributed by atoms with E-state index in [9.17, 15) is 52.7 Å². The minimum atomic E-state index is -6.09. The van der Waals surface area contributed by atoms with Crippen LogP contribution >= 0.6 is 0 Å². The van der Waals surface area contributed by atoms with E-state index in [2.05, 4.69) is 0 Å². The standard InChI is InChI=1S/4CHF3O3S.2Ni/c4*2-1(3,4)8(5,6)7;;/h4*(H,5,6,7);;/q;;;;2*+2/p-4. The fourth-order valence-electron chi connectivity index (χ4n) is 0. The molecule has 0 radical (unpaired) electrons. The Balaban J connectivity index is -0.0000000754. The Morgan fingerprint density at radius 1 is 0.324 bits per heavy atom. The smallest absolute Gasteiger partial charge is 0.741 e. The molecule has 0 rings (SSSR count). The van der Waals surface area contributed by atoms with Crippen LogP contribution < -0.4 is 0 Å². The zero-order valence-corrected chi connectivity index (χ0v) is 18.9. The predicted molar refractivity (Wildman–Crippen MR) is 63.0 cm³/mol. The average Bonchev–Trinajstić information content (AvgIpc) is 2.30. The van der Waals surface area contributed by atoms with Crippen molar-refractivity contribution in [2.24, 2.45) is 0 Å². The fourth-order valence-corrected chi connectivity index (χ4v) is 0. The van der Waals surface area contributed by atoms with Crippen molar-refractivity contribution in [2.45, 2.75) is 22.0 Å². The van der Waals surface area contributed by atoms with E-state index in [1.807, 2.05) is 0 Å². The molecule has 0 fully saturated rings. The van der Waals surface area contributed by atoms with Gasteiger partial charge in [0.05, 0.1) is 0 Å². The molecule has 0 aliphatic carbocycles. The molecule has 0 amide bonds. The monoisotopic (exact) mass is 712 g/mol. The Morgan fingerprint density at radius 3 is 0.353 bits per heavy atom. The molecule has 0 N–H and O–H groups in total. The van der Waals surface area contributed by atoms with E-state index >= 15 is 0 Å². The molecule has 0 saturated carbocycles. The average molecular weight is 714 g/mol. The van der Waals surface area contributed by atoms with Gasteiger partial charge in [-0.2, -0.15) is 52.7 Å². The number of rotatable bonds is 0. The molecule has 0 atom stereocenters. The van der Waals surface area contributed by atoms with Crippen molar-refractivity contribution in [1.82, 2.24) is 0 Å². The second-order valence-electron chi connectivity index (χ2n) is 3.60. The maximum atomic E-state index is 10.7. The molecule has 0 spiro atoms. The van der Waals surface area contributed by atoms with Gasteiger partial charge in [-0.1, -0.05) is 0 Å². The molecule has 0 aromatic heterocycles. The Hall–Kier alpha value is -0.213. The minimum absolute atomic E-state index is 0. The van der Waals surface area contributed by atoms with Gasteiger partial charge in [0.2, 0.25) is 0 Å². The summed E-state index contributed by atoms with van der Waals surface area (Å²) >= 11 is 0. The SMILES string of the molecule is O=S(=O)([O-])C(F)(F)F.O=S(=O)([O-])C(F)(F)F.O=S(=O)([O-])C(F)(F)F.O=S(=O)([O-])C(F)(F)F.[Ni+2].[Ni+2]. The maximum Gasteiger partial charge on any atom is 2.00 e. The molecule has 0 bridgehead atoms. The van der Waals surface area contributed by atoms with Crippen LogP contribution in [0.1, 0.15) is 0 Å². The normalized spacial score (nSPS) is 13.2. The van der Waals surface area contributed by atoms with Gasteiger partial charge in [-0.25, -0.2) is 33.7 Å². The topological polar surface area (TPSA) is 229 Å². The third-order valence-electron chi connectivity index (χ3n) is 1.13. The zero-order chi connectivity index (χ0) is 28.0. The van der Waals surface area contributed by atoms with Crippen LogP contribution in [0.25, 0.3) is 0 Å². The van der Waals surface area contributed by atoms with Crippen LogP contribution in [0.15, 0.2) is 0 Å². The Morgan fingerprint density at radius 2 is 0.353 bits per heavy atom. The molecular formula is C4F12Ni2O12S4. The van der Waals surface area contributed by atoms with Crippen LogP contribution in [-0.2, 0) is 73.5 Å². The number of halogens is 12. The van der Waals surface area contributed by atoms with E-state index in [-0.39, 0.29) is 33.0 Å². The van der Waals surface area contributed by atoms with Gasteiger partial charge < -0.3 is 18.2 Å². The molecule has 0 heterocycles. The second kappa shape index (κ2) is 14.5. The van der Waals surface area contributed by atoms with Gasteiger partial charge in [-0.3, -0.25) is 0 Å². The van der Waals surface area contributed by atoms with Crippen molar-refractivity contribution in [2.75, 3.05) is 0 Å². The molecule has 216 valence electrons. The Bertz CT molecular complexity index is 833. The van der Waals surface area contributed by atoms with Crippen LogP contribution in [0.4, 0.5) is 52.7 Å². The van der Waals surface area contributed by atoms with Gasteiger partial charge in [0.25, 0.3) is 0 Å². The summed E-state index contributed by atoms with van der Waals surface area (Å²) < 4.78 is 236. The summed E-state index contributed by atoms with van der Waals surface area (Å²) in [5.74, 6) is 0. The molecular weight excluding hydrogens is 714 g/mol. The molecule has 34 heavy (non-hydrogen) atoms. The van der Waals surface area contributed by atoms with Gasteiger partial charge >= 0.3 is 55.0 Å². The van der Waals surface area contributed by atoms with Crippen LogP contribution in [-0.4, -0.2) is 73.9 Å². The molecule has 0 aliphatic heterocycles. The van der Waals surface area contributed by atoms with Crippen molar-refractivity contribution in [3.63, 3.8) is 0 Å². The summed E-state index contributed by atoms with van der Waals surface area (Å²) in [6.45, 7) is 0. The second-order valence-corrected chi connectivity index (χ2v) is 9.08. The summed E-state index contributed by atoms with van der Waals surface area (Å²) in [4.78, 5) is 0. The van der Waals surface area contributed by atoms with E-state index < -0.39 is 62.5 Å². The number of hydrogen-bond acceptors (Lipinski definition) is 12. The molecule has 0 aromatic carbocycles. The minimum Gasteiger partial charge on any atom is -0.741 e. The molecule has 30 heteroatoms. The Kier molecular flexibility index (Phi) is 20.1. The van der Waals surface area contributed by atoms with Gasteiger partial charge in [0.15, 0.2) is 40.5 Å². The van der Waals surface area contributed by atoms with E-state index in [1.54, 1.807) is 0 Å². The van der Waals surface area contributed by atoms with Crippen molar-refractivity contribution in [1.29, 1.82) is 0 Å². The maximum absolute atomic E-state index is 10.7. The quantitative estimate of drug-likeness (QED) is 0.142. The summed E-state index contributed by atoms with van der Waals surface area (Å²) in [6.07, 6.45) is 0. The Labute approximate surface area is 199 Å². The molecule has 0 aromatic rings. The van der Waals surface area contributed by atoms with Gasteiger partial charge in [-0.05, 0) is 0 Å². The number of hydrogen-bond donors (Lipinski definition) is 0. The summed E-state index contributed by atoms with van der Waals surface area (Å²) in [5, 5.41) is 0. The van der Waals surface area contributed by atoms with E-state index in [4.69, 9.17) is 51.9 Å². The summed E-state index contributed by atoms with van der Waals surface area (Å²) in [6, 6.07) is 0. The van der Waals surface area contributed by atoms with Gasteiger partial charge in [0, 0.05) is 0 Å². The largest absolute Gasteiger partial charge is 2.00 e. The van der Waals surface area contributed by atoms with Crippen LogP contribution in [0.2, 0.25) is 0 Å². The third kappa shape index (κ3) is 23.5. The predicted octanol–water partition coefficient (Wildman–Crippen LogP) is 0.201. The number of alkyl halides is 12. The fraction of sp³-hybridized carbons (Fsp3) is 1.00.